The molecule has 0 spiro atoms. The van der Waals surface area contributed by atoms with Crippen LogP contribution in [-0.2, 0) is 16.1 Å². The van der Waals surface area contributed by atoms with Crippen LogP contribution in [0.25, 0.3) is 10.8 Å². The van der Waals surface area contributed by atoms with Crippen molar-refractivity contribution >= 4 is 39.1 Å². The van der Waals surface area contributed by atoms with Crippen molar-refractivity contribution in [3.8, 4) is 0 Å². The van der Waals surface area contributed by atoms with Crippen molar-refractivity contribution in [2.75, 3.05) is 18.5 Å². The molecule has 3 heterocycles. The first kappa shape index (κ1) is 17.5. The number of aryl methyl sites for hydroxylation is 1. The summed E-state index contributed by atoms with van der Waals surface area (Å²) in [5, 5.41) is 11.5. The molecular formula is C19H19N5O2S. The molecule has 138 valence electrons. The Labute approximate surface area is 160 Å². The van der Waals surface area contributed by atoms with Gasteiger partial charge in [-0.15, -0.1) is 10.2 Å². The number of anilines is 1. The van der Waals surface area contributed by atoms with Gasteiger partial charge in [0.2, 0.25) is 16.9 Å². The predicted molar refractivity (Wildman–Crippen MR) is 103 cm³/mol. The van der Waals surface area contributed by atoms with Crippen molar-refractivity contribution in [2.45, 2.75) is 19.9 Å². The van der Waals surface area contributed by atoms with E-state index in [1.807, 2.05) is 37.4 Å². The van der Waals surface area contributed by atoms with Crippen LogP contribution in [0.1, 0.15) is 17.0 Å². The van der Waals surface area contributed by atoms with E-state index in [-0.39, 0.29) is 24.2 Å². The molecule has 1 unspecified atom stereocenters. The van der Waals surface area contributed by atoms with E-state index in [0.717, 1.165) is 21.3 Å². The van der Waals surface area contributed by atoms with E-state index in [9.17, 15) is 9.59 Å². The maximum Gasteiger partial charge on any atom is 0.229 e. The number of fused-ring (bicyclic) bond motifs is 1. The van der Waals surface area contributed by atoms with Gasteiger partial charge >= 0.3 is 0 Å². The van der Waals surface area contributed by atoms with Crippen LogP contribution >= 0.6 is 11.3 Å². The maximum atomic E-state index is 12.9. The van der Waals surface area contributed by atoms with E-state index < -0.39 is 0 Å². The molecule has 3 aromatic rings. The second-order valence-corrected chi connectivity index (χ2v) is 7.88. The van der Waals surface area contributed by atoms with Gasteiger partial charge in [-0.1, -0.05) is 29.5 Å². The number of carbonyl (C=O) groups is 2. The fourth-order valence-electron chi connectivity index (χ4n) is 3.43. The third kappa shape index (κ3) is 3.40. The molecule has 1 aliphatic rings. The molecule has 27 heavy (non-hydrogen) atoms. The summed E-state index contributed by atoms with van der Waals surface area (Å²) < 4.78 is 0. The Bertz CT molecular complexity index is 1010. The number of nitrogens with zero attached hydrogens (tertiary/aromatic N) is 5. The van der Waals surface area contributed by atoms with E-state index in [1.165, 1.54) is 11.3 Å². The fraction of sp³-hybridized carbons (Fsp3) is 0.316. The van der Waals surface area contributed by atoms with E-state index in [2.05, 4.69) is 15.2 Å². The monoisotopic (exact) mass is 381 g/mol. The third-order valence-electron chi connectivity index (χ3n) is 4.78. The highest BCUT2D eigenvalue weighted by atomic mass is 32.1. The molecule has 0 saturated carbocycles. The summed E-state index contributed by atoms with van der Waals surface area (Å²) in [6.45, 7) is 2.69. The molecular weight excluding hydrogens is 362 g/mol. The number of hydrogen-bond acceptors (Lipinski definition) is 6. The number of benzene rings is 1. The van der Waals surface area contributed by atoms with E-state index in [0.29, 0.717) is 18.2 Å². The lowest BCUT2D eigenvalue weighted by molar-refractivity contribution is -0.135. The quantitative estimate of drug-likeness (QED) is 0.693. The van der Waals surface area contributed by atoms with Gasteiger partial charge in [0.1, 0.15) is 5.01 Å². The minimum atomic E-state index is -0.358. The number of carbonyl (C=O) groups excluding carboxylic acids is 2. The second-order valence-electron chi connectivity index (χ2n) is 6.72. The molecule has 1 aromatic carbocycles. The van der Waals surface area contributed by atoms with Crippen molar-refractivity contribution in [2.24, 2.45) is 5.92 Å². The summed E-state index contributed by atoms with van der Waals surface area (Å²) in [5.74, 6) is -0.462. The van der Waals surface area contributed by atoms with Gasteiger partial charge in [-0.05, 0) is 23.9 Å². The van der Waals surface area contributed by atoms with Gasteiger partial charge in [0.15, 0.2) is 0 Å². The first-order valence-electron chi connectivity index (χ1n) is 8.70. The van der Waals surface area contributed by atoms with Crippen LogP contribution < -0.4 is 4.90 Å². The molecule has 2 amide bonds. The van der Waals surface area contributed by atoms with Gasteiger partial charge in [-0.2, -0.15) is 0 Å². The van der Waals surface area contributed by atoms with Crippen molar-refractivity contribution < 1.29 is 9.59 Å². The lowest BCUT2D eigenvalue weighted by Gasteiger charge is -2.21. The van der Waals surface area contributed by atoms with Crippen molar-refractivity contribution in [3.05, 3.63) is 47.2 Å². The minimum Gasteiger partial charge on any atom is -0.341 e. The molecule has 1 fully saturated rings. The molecule has 7 nitrogen and oxygen atoms in total. The highest BCUT2D eigenvalue weighted by Gasteiger charge is 2.37. The molecule has 1 atom stereocenters. The van der Waals surface area contributed by atoms with Crippen molar-refractivity contribution in [3.63, 3.8) is 0 Å². The standard InChI is InChI=1S/C19H19N5O2S/c1-12-21-22-19(27-12)24-11-15(8-17(24)25)18(26)23(2)10-14-5-3-4-13-9-20-7-6-16(13)14/h3-7,9,15H,8,10-11H2,1-2H3. The third-order valence-corrected chi connectivity index (χ3v) is 5.64. The maximum absolute atomic E-state index is 12.9. The Hall–Kier alpha value is -2.87. The second kappa shape index (κ2) is 7.03. The molecule has 8 heteroatoms. The Morgan fingerprint density at radius 1 is 1.33 bits per heavy atom. The molecule has 0 aliphatic carbocycles. The zero-order chi connectivity index (χ0) is 19.0. The van der Waals surface area contributed by atoms with Gasteiger partial charge in [0.05, 0.1) is 5.92 Å². The summed E-state index contributed by atoms with van der Waals surface area (Å²) >= 11 is 1.37. The number of hydrogen-bond donors (Lipinski definition) is 0. The number of rotatable bonds is 4. The normalized spacial score (nSPS) is 16.9. The lowest BCUT2D eigenvalue weighted by Crippen LogP contribution is -2.34. The molecule has 2 aromatic heterocycles. The van der Waals surface area contributed by atoms with Gasteiger partial charge in [0.25, 0.3) is 0 Å². The van der Waals surface area contributed by atoms with Crippen LogP contribution in [0.15, 0.2) is 36.7 Å². The molecule has 1 aliphatic heterocycles. The lowest BCUT2D eigenvalue weighted by atomic mass is 10.0. The minimum absolute atomic E-state index is 0.0295. The molecule has 4 rings (SSSR count). The first-order valence-corrected chi connectivity index (χ1v) is 9.51. The van der Waals surface area contributed by atoms with E-state index >= 15 is 0 Å². The molecule has 0 bridgehead atoms. The average molecular weight is 381 g/mol. The zero-order valence-corrected chi connectivity index (χ0v) is 15.9. The topological polar surface area (TPSA) is 79.3 Å². The smallest absolute Gasteiger partial charge is 0.229 e. The summed E-state index contributed by atoms with van der Waals surface area (Å²) in [6, 6.07) is 7.95. The molecule has 0 N–H and O–H groups in total. The first-order chi connectivity index (χ1) is 13.0. The molecule has 0 radical (unpaired) electrons. The van der Waals surface area contributed by atoms with Crippen LogP contribution in [0.2, 0.25) is 0 Å². The van der Waals surface area contributed by atoms with Crippen LogP contribution in [0.5, 0.6) is 0 Å². The van der Waals surface area contributed by atoms with Gasteiger partial charge in [-0.3, -0.25) is 19.5 Å². The van der Waals surface area contributed by atoms with Crippen LogP contribution in [0.3, 0.4) is 0 Å². The summed E-state index contributed by atoms with van der Waals surface area (Å²) in [7, 11) is 1.78. The van der Waals surface area contributed by atoms with Gasteiger partial charge in [0, 0.05) is 44.3 Å². The van der Waals surface area contributed by atoms with E-state index in [1.54, 1.807) is 23.0 Å². The zero-order valence-electron chi connectivity index (χ0n) is 15.1. The Balaban J connectivity index is 1.48. The average Bonchev–Trinajstić information content (AvgIpc) is 3.27. The Morgan fingerprint density at radius 3 is 2.96 bits per heavy atom. The van der Waals surface area contributed by atoms with Crippen LogP contribution in [0, 0.1) is 12.8 Å². The summed E-state index contributed by atoms with van der Waals surface area (Å²) in [4.78, 5) is 32.7. The summed E-state index contributed by atoms with van der Waals surface area (Å²) in [6.07, 6.45) is 3.78. The van der Waals surface area contributed by atoms with Crippen molar-refractivity contribution in [1.29, 1.82) is 0 Å². The predicted octanol–water partition coefficient (Wildman–Crippen LogP) is 2.41. The van der Waals surface area contributed by atoms with Crippen LogP contribution in [-0.4, -0.2) is 45.5 Å². The SMILES string of the molecule is Cc1nnc(N2CC(C(=O)N(C)Cc3cccc4cnccc34)CC2=O)s1. The van der Waals surface area contributed by atoms with Crippen molar-refractivity contribution in [1.82, 2.24) is 20.1 Å². The highest BCUT2D eigenvalue weighted by Crippen LogP contribution is 2.29. The highest BCUT2D eigenvalue weighted by molar-refractivity contribution is 7.15. The van der Waals surface area contributed by atoms with Crippen LogP contribution in [0.4, 0.5) is 5.13 Å². The largest absolute Gasteiger partial charge is 0.341 e. The fourth-order valence-corrected chi connectivity index (χ4v) is 4.14. The number of aromatic nitrogens is 3. The Morgan fingerprint density at radius 2 is 2.19 bits per heavy atom. The summed E-state index contributed by atoms with van der Waals surface area (Å²) in [5.41, 5.74) is 1.06. The molecule has 1 saturated heterocycles. The number of amides is 2. The number of pyridine rings is 1. The Kier molecular flexibility index (Phi) is 4.57. The van der Waals surface area contributed by atoms with E-state index in [4.69, 9.17) is 0 Å². The van der Waals surface area contributed by atoms with Gasteiger partial charge < -0.3 is 4.90 Å². The van der Waals surface area contributed by atoms with Gasteiger partial charge in [-0.25, -0.2) is 0 Å².